The summed E-state index contributed by atoms with van der Waals surface area (Å²) in [5.41, 5.74) is 0.821. The van der Waals surface area contributed by atoms with Gasteiger partial charge in [-0.3, -0.25) is 0 Å². The van der Waals surface area contributed by atoms with Crippen molar-refractivity contribution in [2.24, 2.45) is 0 Å². The van der Waals surface area contributed by atoms with Gasteiger partial charge in [0.25, 0.3) is 5.88 Å². The number of hydrogen-bond acceptors (Lipinski definition) is 2. The van der Waals surface area contributed by atoms with Crippen LogP contribution in [0.5, 0.6) is 5.88 Å². The van der Waals surface area contributed by atoms with Crippen molar-refractivity contribution in [3.8, 4) is 17.0 Å². The minimum atomic E-state index is -3.13. The fourth-order valence-corrected chi connectivity index (χ4v) is 1.98. The van der Waals surface area contributed by atoms with Crippen molar-refractivity contribution in [2.75, 3.05) is 0 Å². The Labute approximate surface area is 116 Å². The zero-order valence-corrected chi connectivity index (χ0v) is 10.7. The lowest BCUT2D eigenvalue weighted by Crippen LogP contribution is -2.05. The van der Waals surface area contributed by atoms with E-state index in [1.807, 2.05) is 0 Å². The molecule has 0 aliphatic carbocycles. The van der Waals surface area contributed by atoms with Crippen molar-refractivity contribution in [1.29, 1.82) is 0 Å². The number of rotatable bonds is 3. The molecule has 0 aliphatic rings. The van der Waals surface area contributed by atoms with E-state index in [9.17, 15) is 13.2 Å². The Morgan fingerprint density at radius 1 is 1.16 bits per heavy atom. The SMILES string of the molecule is Fc1cc(-c2ccc(Cl)cc2Cl)cnc1OC(F)F. The highest BCUT2D eigenvalue weighted by atomic mass is 35.5. The molecule has 0 bridgehead atoms. The Morgan fingerprint density at radius 2 is 1.89 bits per heavy atom. The maximum atomic E-state index is 13.5. The summed E-state index contributed by atoms with van der Waals surface area (Å²) in [4.78, 5) is 3.49. The molecule has 0 saturated heterocycles. The first kappa shape index (κ1) is 14.0. The van der Waals surface area contributed by atoms with E-state index < -0.39 is 18.3 Å². The topological polar surface area (TPSA) is 22.1 Å². The van der Waals surface area contributed by atoms with Gasteiger partial charge in [0, 0.05) is 27.4 Å². The van der Waals surface area contributed by atoms with Crippen LogP contribution in [0.25, 0.3) is 11.1 Å². The average Bonchev–Trinajstić information content (AvgIpc) is 2.31. The third-order valence-corrected chi connectivity index (χ3v) is 2.80. The Bertz CT molecular complexity index is 608. The molecule has 2 nitrogen and oxygen atoms in total. The van der Waals surface area contributed by atoms with Crippen LogP contribution >= 0.6 is 23.2 Å². The van der Waals surface area contributed by atoms with Crippen molar-refractivity contribution in [3.63, 3.8) is 0 Å². The number of halogens is 5. The smallest absolute Gasteiger partial charge is 0.388 e. The van der Waals surface area contributed by atoms with Gasteiger partial charge in [0.1, 0.15) is 0 Å². The first-order valence-electron chi connectivity index (χ1n) is 5.03. The molecular weight excluding hydrogens is 302 g/mol. The monoisotopic (exact) mass is 307 g/mol. The minimum Gasteiger partial charge on any atom is -0.414 e. The van der Waals surface area contributed by atoms with Crippen molar-refractivity contribution in [1.82, 2.24) is 4.98 Å². The molecule has 0 N–H and O–H groups in total. The largest absolute Gasteiger partial charge is 0.414 e. The normalized spacial score (nSPS) is 10.8. The van der Waals surface area contributed by atoms with Crippen LogP contribution in [0.15, 0.2) is 30.5 Å². The summed E-state index contributed by atoms with van der Waals surface area (Å²) in [5.74, 6) is -1.76. The Hall–Kier alpha value is -1.46. The summed E-state index contributed by atoms with van der Waals surface area (Å²) >= 11 is 11.7. The highest BCUT2D eigenvalue weighted by molar-refractivity contribution is 6.36. The Kier molecular flexibility index (Phi) is 4.17. The van der Waals surface area contributed by atoms with Crippen LogP contribution in [-0.4, -0.2) is 11.6 Å². The molecule has 0 aliphatic heterocycles. The lowest BCUT2D eigenvalue weighted by molar-refractivity contribution is -0.0553. The molecule has 1 aromatic carbocycles. The molecule has 100 valence electrons. The first-order valence-corrected chi connectivity index (χ1v) is 5.79. The number of hydrogen-bond donors (Lipinski definition) is 0. The van der Waals surface area contributed by atoms with Crippen LogP contribution in [-0.2, 0) is 0 Å². The Morgan fingerprint density at radius 3 is 2.47 bits per heavy atom. The van der Waals surface area contributed by atoms with Crippen LogP contribution in [0.3, 0.4) is 0 Å². The van der Waals surface area contributed by atoms with Gasteiger partial charge in [0.05, 0.1) is 0 Å². The van der Waals surface area contributed by atoms with E-state index in [-0.39, 0.29) is 0 Å². The molecular formula is C12H6Cl2F3NO. The molecule has 2 aromatic rings. The molecule has 19 heavy (non-hydrogen) atoms. The van der Waals surface area contributed by atoms with Gasteiger partial charge in [-0.15, -0.1) is 0 Å². The van der Waals surface area contributed by atoms with Gasteiger partial charge in [-0.05, 0) is 18.2 Å². The van der Waals surface area contributed by atoms with E-state index in [0.29, 0.717) is 21.2 Å². The second-order valence-corrected chi connectivity index (χ2v) is 4.36. The first-order chi connectivity index (χ1) is 8.97. The van der Waals surface area contributed by atoms with Gasteiger partial charge in [-0.1, -0.05) is 29.3 Å². The summed E-state index contributed by atoms with van der Waals surface area (Å²) in [7, 11) is 0. The third-order valence-electron chi connectivity index (χ3n) is 2.25. The van der Waals surface area contributed by atoms with Crippen molar-refractivity contribution in [3.05, 3.63) is 46.3 Å². The van der Waals surface area contributed by atoms with Crippen molar-refractivity contribution >= 4 is 23.2 Å². The molecule has 0 atom stereocenters. The standard InChI is InChI=1S/C12H6Cl2F3NO/c13-7-1-2-8(9(14)4-7)6-3-10(15)11(18-5-6)19-12(16)17/h1-5,12H. The lowest BCUT2D eigenvalue weighted by Gasteiger charge is -2.08. The lowest BCUT2D eigenvalue weighted by atomic mass is 10.1. The molecule has 1 heterocycles. The van der Waals surface area contributed by atoms with Gasteiger partial charge in [-0.2, -0.15) is 8.78 Å². The summed E-state index contributed by atoms with van der Waals surface area (Å²) in [5, 5.41) is 0.732. The van der Waals surface area contributed by atoms with Crippen molar-refractivity contribution < 1.29 is 17.9 Å². The fraction of sp³-hybridized carbons (Fsp3) is 0.0833. The molecule has 0 spiro atoms. The number of ether oxygens (including phenoxy) is 1. The maximum Gasteiger partial charge on any atom is 0.388 e. The summed E-state index contributed by atoms with van der Waals surface area (Å²) in [6.45, 7) is -3.13. The van der Waals surface area contributed by atoms with Crippen LogP contribution < -0.4 is 4.74 Å². The average molecular weight is 308 g/mol. The molecule has 0 fully saturated rings. The Balaban J connectivity index is 2.39. The van der Waals surface area contributed by atoms with Crippen LogP contribution in [0.2, 0.25) is 10.0 Å². The van der Waals surface area contributed by atoms with E-state index in [1.54, 1.807) is 12.1 Å². The molecule has 1 aromatic heterocycles. The number of alkyl halides is 2. The van der Waals surface area contributed by atoms with Crippen LogP contribution in [0, 0.1) is 5.82 Å². The van der Waals surface area contributed by atoms with Crippen LogP contribution in [0.4, 0.5) is 13.2 Å². The maximum absolute atomic E-state index is 13.5. The second-order valence-electron chi connectivity index (χ2n) is 3.51. The van der Waals surface area contributed by atoms with Crippen molar-refractivity contribution in [2.45, 2.75) is 6.61 Å². The zero-order valence-electron chi connectivity index (χ0n) is 9.21. The molecule has 0 amide bonds. The number of aromatic nitrogens is 1. The van der Waals surface area contributed by atoms with Gasteiger partial charge >= 0.3 is 6.61 Å². The van der Waals surface area contributed by atoms with Gasteiger partial charge in [-0.25, -0.2) is 9.37 Å². The van der Waals surface area contributed by atoms with E-state index in [2.05, 4.69) is 9.72 Å². The highest BCUT2D eigenvalue weighted by Gasteiger charge is 2.13. The van der Waals surface area contributed by atoms with E-state index in [4.69, 9.17) is 23.2 Å². The fourth-order valence-electron chi connectivity index (χ4n) is 1.47. The summed E-state index contributed by atoms with van der Waals surface area (Å²) in [6.07, 6.45) is 1.19. The highest BCUT2D eigenvalue weighted by Crippen LogP contribution is 2.31. The van der Waals surface area contributed by atoms with E-state index >= 15 is 0 Å². The third kappa shape index (κ3) is 3.30. The van der Waals surface area contributed by atoms with Gasteiger partial charge in [0.2, 0.25) is 0 Å². The van der Waals surface area contributed by atoms with E-state index in [0.717, 1.165) is 6.07 Å². The molecule has 2 rings (SSSR count). The van der Waals surface area contributed by atoms with E-state index in [1.165, 1.54) is 12.3 Å². The second kappa shape index (κ2) is 5.67. The molecule has 0 unspecified atom stereocenters. The summed E-state index contributed by atoms with van der Waals surface area (Å²) in [6, 6.07) is 5.65. The zero-order chi connectivity index (χ0) is 14.0. The van der Waals surface area contributed by atoms with Gasteiger partial charge in [0.15, 0.2) is 5.82 Å². The number of benzene rings is 1. The van der Waals surface area contributed by atoms with Crippen LogP contribution in [0.1, 0.15) is 0 Å². The molecule has 7 heteroatoms. The summed E-state index contributed by atoms with van der Waals surface area (Å²) < 4.78 is 41.4. The number of nitrogens with zero attached hydrogens (tertiary/aromatic N) is 1. The predicted molar refractivity (Wildman–Crippen MR) is 66.3 cm³/mol. The quantitative estimate of drug-likeness (QED) is 0.813. The molecule has 0 radical (unpaired) electrons. The number of pyridine rings is 1. The van der Waals surface area contributed by atoms with Gasteiger partial charge < -0.3 is 4.74 Å². The predicted octanol–water partition coefficient (Wildman–Crippen LogP) is 4.80. The molecule has 0 saturated carbocycles. The minimum absolute atomic E-state index is 0.302.